The minimum Gasteiger partial charge on any atom is -0.349 e. The summed E-state index contributed by atoms with van der Waals surface area (Å²) in [4.78, 5) is 42.2. The molecule has 0 atom stereocenters. The lowest BCUT2D eigenvalue weighted by molar-refractivity contribution is -0.144. The maximum Gasteiger partial charge on any atom is 0.289 e. The second kappa shape index (κ2) is 9.84. The van der Waals surface area contributed by atoms with Crippen LogP contribution in [0.25, 0.3) is 21.8 Å². The molecule has 4 rings (SSSR count). The summed E-state index contributed by atoms with van der Waals surface area (Å²) in [5, 5.41) is 12.9. The third-order valence-corrected chi connectivity index (χ3v) is 6.63. The van der Waals surface area contributed by atoms with Gasteiger partial charge >= 0.3 is 0 Å². The fourth-order valence-electron chi connectivity index (χ4n) is 4.11. The Morgan fingerprint density at radius 3 is 2.47 bits per heavy atom. The second-order valence-electron chi connectivity index (χ2n) is 8.66. The van der Waals surface area contributed by atoms with E-state index in [0.717, 1.165) is 16.8 Å². The van der Waals surface area contributed by atoms with Crippen LogP contribution in [0.3, 0.4) is 0 Å². The first kappa shape index (κ1) is 23.7. The molecule has 8 nitrogen and oxygen atoms in total. The number of hydrogen-bond donors (Lipinski definition) is 2. The molecule has 0 aliphatic carbocycles. The number of rotatable bonds is 6. The molecule has 1 aliphatic rings. The highest BCUT2D eigenvalue weighted by atomic mass is 32.1. The van der Waals surface area contributed by atoms with Gasteiger partial charge < -0.3 is 10.2 Å². The first-order chi connectivity index (χ1) is 16.2. The summed E-state index contributed by atoms with van der Waals surface area (Å²) < 4.78 is 13.5. The van der Waals surface area contributed by atoms with Gasteiger partial charge in [0.15, 0.2) is 0 Å². The molecule has 10 heteroatoms. The summed E-state index contributed by atoms with van der Waals surface area (Å²) in [6.45, 7) is 5.98. The molecule has 0 spiro atoms. The zero-order chi connectivity index (χ0) is 24.4. The Morgan fingerprint density at radius 2 is 1.85 bits per heavy atom. The molecule has 1 saturated heterocycles. The van der Waals surface area contributed by atoms with E-state index in [1.54, 1.807) is 22.4 Å². The van der Waals surface area contributed by atoms with Crippen molar-refractivity contribution in [1.82, 2.24) is 25.4 Å². The summed E-state index contributed by atoms with van der Waals surface area (Å²) in [6.07, 6.45) is 1.31. The van der Waals surface area contributed by atoms with Gasteiger partial charge in [0.2, 0.25) is 5.78 Å². The number of likely N-dealkylation sites (tertiary alicyclic amines) is 1. The van der Waals surface area contributed by atoms with Crippen LogP contribution >= 0.6 is 11.3 Å². The van der Waals surface area contributed by atoms with Gasteiger partial charge in [-0.1, -0.05) is 0 Å². The van der Waals surface area contributed by atoms with E-state index in [9.17, 15) is 18.8 Å². The van der Waals surface area contributed by atoms with Crippen molar-refractivity contribution >= 4 is 28.9 Å². The number of nitrogens with zero attached hydrogens (tertiary/aromatic N) is 3. The van der Waals surface area contributed by atoms with Crippen LogP contribution in [0.15, 0.2) is 29.6 Å². The molecular weight excluding hydrogens is 457 g/mol. The van der Waals surface area contributed by atoms with Crippen LogP contribution in [0.4, 0.5) is 4.39 Å². The number of H-pyrrole nitrogens is 1. The number of amides is 2. The predicted octanol–water partition coefficient (Wildman–Crippen LogP) is 3.77. The first-order valence-corrected chi connectivity index (χ1v) is 12.0. The molecule has 1 aliphatic heterocycles. The number of carbonyl (C=O) groups is 3. The van der Waals surface area contributed by atoms with E-state index in [-0.39, 0.29) is 23.7 Å². The first-order valence-electron chi connectivity index (χ1n) is 11.2. The smallest absolute Gasteiger partial charge is 0.289 e. The Kier molecular flexibility index (Phi) is 6.87. The largest absolute Gasteiger partial charge is 0.349 e. The summed E-state index contributed by atoms with van der Waals surface area (Å²) in [7, 11) is 0. The highest BCUT2D eigenvalue weighted by Gasteiger charge is 2.31. The molecule has 1 aromatic carbocycles. The number of piperidine rings is 1. The molecule has 34 heavy (non-hydrogen) atoms. The van der Waals surface area contributed by atoms with E-state index in [2.05, 4.69) is 20.5 Å². The highest BCUT2D eigenvalue weighted by molar-refractivity contribution is 7.13. The van der Waals surface area contributed by atoms with Gasteiger partial charge in [-0.2, -0.15) is 5.10 Å². The minimum atomic E-state index is -0.464. The number of halogens is 1. The number of benzene rings is 1. The molecule has 2 amide bonds. The number of nitrogens with one attached hydrogen (secondary N) is 2. The van der Waals surface area contributed by atoms with Crippen molar-refractivity contribution in [2.75, 3.05) is 13.1 Å². The Balaban J connectivity index is 1.69. The predicted molar refractivity (Wildman–Crippen MR) is 127 cm³/mol. The van der Waals surface area contributed by atoms with E-state index in [0.29, 0.717) is 42.3 Å². The van der Waals surface area contributed by atoms with Gasteiger partial charge in [0.1, 0.15) is 22.2 Å². The fourth-order valence-corrected chi connectivity index (χ4v) is 4.97. The van der Waals surface area contributed by atoms with Crippen LogP contribution in [0.5, 0.6) is 0 Å². The summed E-state index contributed by atoms with van der Waals surface area (Å²) >= 11 is 1.35. The lowest BCUT2D eigenvalue weighted by atomic mass is 9.90. The van der Waals surface area contributed by atoms with Crippen LogP contribution in [0.2, 0.25) is 0 Å². The van der Waals surface area contributed by atoms with Gasteiger partial charge in [0, 0.05) is 48.6 Å². The zero-order valence-corrected chi connectivity index (χ0v) is 20.0. The topological polar surface area (TPSA) is 108 Å². The molecule has 3 aromatic rings. The van der Waals surface area contributed by atoms with Crippen LogP contribution in [-0.2, 0) is 9.59 Å². The molecular formula is C24H26FN5O3S. The number of thiazole rings is 1. The quantitative estimate of drug-likeness (QED) is 0.519. The SMILES string of the molecule is CC(=O)C(=O)N1CCC(c2[nH]nc(-c3ccc(F)cc3)c2-c2nc(C(=O)NC(C)C)cs2)CC1. The van der Waals surface area contributed by atoms with E-state index in [1.165, 1.54) is 30.4 Å². The van der Waals surface area contributed by atoms with Crippen molar-refractivity contribution in [3.8, 4) is 21.8 Å². The van der Waals surface area contributed by atoms with Crippen molar-refractivity contribution in [2.45, 2.75) is 45.6 Å². The molecule has 0 bridgehead atoms. The molecule has 0 radical (unpaired) electrons. The van der Waals surface area contributed by atoms with Crippen molar-refractivity contribution in [3.05, 3.63) is 46.9 Å². The fraction of sp³-hybridized carbons (Fsp3) is 0.375. The van der Waals surface area contributed by atoms with E-state index in [1.807, 2.05) is 13.8 Å². The zero-order valence-electron chi connectivity index (χ0n) is 19.2. The monoisotopic (exact) mass is 483 g/mol. The van der Waals surface area contributed by atoms with Crippen molar-refractivity contribution in [1.29, 1.82) is 0 Å². The highest BCUT2D eigenvalue weighted by Crippen LogP contribution is 2.41. The molecule has 3 heterocycles. The number of aromatic amines is 1. The van der Waals surface area contributed by atoms with E-state index in [4.69, 9.17) is 0 Å². The summed E-state index contributed by atoms with van der Waals surface area (Å²) in [5.41, 5.74) is 3.32. The third kappa shape index (κ3) is 4.91. The Hall–Kier alpha value is -3.40. The summed E-state index contributed by atoms with van der Waals surface area (Å²) in [6, 6.07) is 6.06. The summed E-state index contributed by atoms with van der Waals surface area (Å²) in [5.74, 6) is -1.46. The van der Waals surface area contributed by atoms with Crippen LogP contribution in [0, 0.1) is 5.82 Å². The van der Waals surface area contributed by atoms with Crippen LogP contribution in [-0.4, -0.2) is 56.8 Å². The normalized spacial score (nSPS) is 14.4. The Morgan fingerprint density at radius 1 is 1.18 bits per heavy atom. The third-order valence-electron chi connectivity index (χ3n) is 5.77. The molecule has 0 saturated carbocycles. The molecule has 0 unspecified atom stereocenters. The maximum atomic E-state index is 13.5. The average Bonchev–Trinajstić information content (AvgIpc) is 3.46. The van der Waals surface area contributed by atoms with E-state index >= 15 is 0 Å². The molecule has 2 aromatic heterocycles. The number of carbonyl (C=O) groups excluding carboxylic acids is 3. The number of Topliss-reactive ketones (excluding diaryl/α,β-unsaturated/α-hetero) is 1. The maximum absolute atomic E-state index is 13.5. The van der Waals surface area contributed by atoms with Crippen molar-refractivity contribution in [3.63, 3.8) is 0 Å². The van der Waals surface area contributed by atoms with Gasteiger partial charge in [-0.15, -0.1) is 11.3 Å². The lowest BCUT2D eigenvalue weighted by Gasteiger charge is -2.31. The van der Waals surface area contributed by atoms with Crippen LogP contribution < -0.4 is 5.32 Å². The van der Waals surface area contributed by atoms with Crippen molar-refractivity contribution < 1.29 is 18.8 Å². The number of aromatic nitrogens is 3. The average molecular weight is 484 g/mol. The van der Waals surface area contributed by atoms with Gasteiger partial charge in [-0.25, -0.2) is 9.37 Å². The lowest BCUT2D eigenvalue weighted by Crippen LogP contribution is -2.41. The number of hydrogen-bond acceptors (Lipinski definition) is 6. The van der Waals surface area contributed by atoms with Crippen molar-refractivity contribution in [2.24, 2.45) is 0 Å². The number of ketones is 1. The van der Waals surface area contributed by atoms with Crippen LogP contribution in [0.1, 0.15) is 55.7 Å². The van der Waals surface area contributed by atoms with Gasteiger partial charge in [0.05, 0.1) is 5.56 Å². The molecule has 178 valence electrons. The second-order valence-corrected chi connectivity index (χ2v) is 9.51. The Bertz CT molecular complexity index is 1210. The minimum absolute atomic E-state index is 0.0141. The molecule has 2 N–H and O–H groups in total. The standard InChI is InChI=1S/C24H26FN5O3S/c1-13(2)26-22(32)18-12-34-23(27-18)19-20(15-4-6-17(25)7-5-15)28-29-21(19)16-8-10-30(11-9-16)24(33)14(3)31/h4-7,12-13,16H,8-11H2,1-3H3,(H,26,32)(H,28,29). The van der Waals surface area contributed by atoms with Gasteiger partial charge in [-0.3, -0.25) is 19.5 Å². The van der Waals surface area contributed by atoms with Gasteiger partial charge in [-0.05, 0) is 51.0 Å². The molecule has 1 fully saturated rings. The van der Waals surface area contributed by atoms with E-state index < -0.39 is 11.7 Å². The van der Waals surface area contributed by atoms with Gasteiger partial charge in [0.25, 0.3) is 11.8 Å². The Labute approximate surface area is 200 Å².